The Bertz CT molecular complexity index is 263. The summed E-state index contributed by atoms with van der Waals surface area (Å²) in [5, 5.41) is 12.8. The molecule has 92 valence electrons. The summed E-state index contributed by atoms with van der Waals surface area (Å²) in [6.45, 7) is 3.26. The van der Waals surface area contributed by atoms with Gasteiger partial charge < -0.3 is 15.2 Å². The number of hydrogen-bond donors (Lipinski definition) is 2. The minimum atomic E-state index is 0.226. The smallest absolute Gasteiger partial charge is 0.0690 e. The summed E-state index contributed by atoms with van der Waals surface area (Å²) < 4.78 is 5.93. The van der Waals surface area contributed by atoms with E-state index >= 15 is 0 Å². The molecule has 4 unspecified atom stereocenters. The SMILES string of the molecule is CC(CO)NC1C2CCOC2C12CCCC2. The summed E-state index contributed by atoms with van der Waals surface area (Å²) in [4.78, 5) is 0. The van der Waals surface area contributed by atoms with Crippen molar-refractivity contribution in [2.24, 2.45) is 11.3 Å². The lowest BCUT2D eigenvalue weighted by atomic mass is 9.54. The molecule has 2 saturated carbocycles. The maximum absolute atomic E-state index is 9.18. The van der Waals surface area contributed by atoms with Gasteiger partial charge in [0.15, 0.2) is 0 Å². The van der Waals surface area contributed by atoms with Crippen LogP contribution >= 0.6 is 0 Å². The van der Waals surface area contributed by atoms with Crippen LogP contribution in [-0.2, 0) is 4.74 Å². The second kappa shape index (κ2) is 3.97. The highest BCUT2D eigenvalue weighted by molar-refractivity contribution is 5.16. The Labute approximate surface area is 97.6 Å². The predicted molar refractivity (Wildman–Crippen MR) is 62.2 cm³/mol. The van der Waals surface area contributed by atoms with Gasteiger partial charge in [0.2, 0.25) is 0 Å². The Kier molecular flexibility index (Phi) is 2.73. The maximum Gasteiger partial charge on any atom is 0.0690 e. The fourth-order valence-corrected chi connectivity index (χ4v) is 4.30. The molecule has 0 aromatic rings. The first kappa shape index (κ1) is 11.0. The van der Waals surface area contributed by atoms with E-state index in [2.05, 4.69) is 12.2 Å². The van der Waals surface area contributed by atoms with Crippen molar-refractivity contribution >= 4 is 0 Å². The molecule has 3 rings (SSSR count). The van der Waals surface area contributed by atoms with E-state index in [4.69, 9.17) is 4.74 Å². The minimum Gasteiger partial charge on any atom is -0.395 e. The number of ether oxygens (including phenoxy) is 1. The quantitative estimate of drug-likeness (QED) is 0.761. The predicted octanol–water partition coefficient (Wildman–Crippen LogP) is 1.30. The lowest BCUT2D eigenvalue weighted by Gasteiger charge is -2.57. The van der Waals surface area contributed by atoms with Gasteiger partial charge in [-0.3, -0.25) is 0 Å². The monoisotopic (exact) mass is 225 g/mol. The van der Waals surface area contributed by atoms with Gasteiger partial charge in [0.1, 0.15) is 0 Å². The highest BCUT2D eigenvalue weighted by atomic mass is 16.5. The van der Waals surface area contributed by atoms with Crippen molar-refractivity contribution < 1.29 is 9.84 Å². The molecule has 0 aromatic heterocycles. The topological polar surface area (TPSA) is 41.5 Å². The van der Waals surface area contributed by atoms with Gasteiger partial charge in [-0.1, -0.05) is 12.8 Å². The number of fused-ring (bicyclic) bond motifs is 2. The first-order chi connectivity index (χ1) is 7.78. The number of rotatable bonds is 3. The van der Waals surface area contributed by atoms with E-state index in [0.29, 0.717) is 23.5 Å². The second-order valence-corrected chi connectivity index (χ2v) is 5.91. The first-order valence-corrected chi connectivity index (χ1v) is 6.76. The van der Waals surface area contributed by atoms with Crippen molar-refractivity contribution in [3.8, 4) is 0 Å². The fourth-order valence-electron chi connectivity index (χ4n) is 4.30. The van der Waals surface area contributed by atoms with Crippen LogP contribution < -0.4 is 5.32 Å². The van der Waals surface area contributed by atoms with Crippen molar-refractivity contribution in [3.63, 3.8) is 0 Å². The fraction of sp³-hybridized carbons (Fsp3) is 1.00. The molecular formula is C13H23NO2. The number of nitrogens with one attached hydrogen (secondary N) is 1. The van der Waals surface area contributed by atoms with Crippen LogP contribution in [-0.4, -0.2) is 36.5 Å². The van der Waals surface area contributed by atoms with Crippen LogP contribution in [0.4, 0.5) is 0 Å². The van der Waals surface area contributed by atoms with Gasteiger partial charge in [0.25, 0.3) is 0 Å². The van der Waals surface area contributed by atoms with Crippen LogP contribution in [0.3, 0.4) is 0 Å². The Morgan fingerprint density at radius 2 is 2.19 bits per heavy atom. The van der Waals surface area contributed by atoms with Gasteiger partial charge >= 0.3 is 0 Å². The summed E-state index contributed by atoms with van der Waals surface area (Å²) in [7, 11) is 0. The molecule has 1 heterocycles. The van der Waals surface area contributed by atoms with Crippen LogP contribution in [0, 0.1) is 11.3 Å². The molecule has 0 amide bonds. The zero-order chi connectivity index (χ0) is 11.2. The van der Waals surface area contributed by atoms with Gasteiger partial charge in [-0.25, -0.2) is 0 Å². The van der Waals surface area contributed by atoms with E-state index < -0.39 is 0 Å². The van der Waals surface area contributed by atoms with Crippen LogP contribution in [0.25, 0.3) is 0 Å². The van der Waals surface area contributed by atoms with Gasteiger partial charge in [-0.2, -0.15) is 0 Å². The average molecular weight is 225 g/mol. The molecule has 0 aromatic carbocycles. The molecule has 3 nitrogen and oxygen atoms in total. The average Bonchev–Trinajstić information content (AvgIpc) is 2.92. The van der Waals surface area contributed by atoms with E-state index in [1.54, 1.807) is 0 Å². The Hall–Kier alpha value is -0.120. The summed E-state index contributed by atoms with van der Waals surface area (Å²) in [6.07, 6.45) is 7.10. The lowest BCUT2D eigenvalue weighted by Crippen LogP contribution is -2.68. The molecular weight excluding hydrogens is 202 g/mol. The van der Waals surface area contributed by atoms with Crippen LogP contribution in [0.2, 0.25) is 0 Å². The number of aliphatic hydroxyl groups is 1. The summed E-state index contributed by atoms with van der Waals surface area (Å²) in [6, 6.07) is 0.827. The molecule has 16 heavy (non-hydrogen) atoms. The highest BCUT2D eigenvalue weighted by Crippen LogP contribution is 2.60. The third kappa shape index (κ3) is 1.38. The molecule has 3 fully saturated rings. The van der Waals surface area contributed by atoms with E-state index in [-0.39, 0.29) is 12.6 Å². The van der Waals surface area contributed by atoms with Crippen LogP contribution in [0.15, 0.2) is 0 Å². The molecule has 4 atom stereocenters. The maximum atomic E-state index is 9.18. The van der Waals surface area contributed by atoms with Crippen LogP contribution in [0.1, 0.15) is 39.0 Å². The molecule has 1 aliphatic heterocycles. The standard InChI is InChI=1S/C13H23NO2/c1-9(8-15)14-11-10-4-7-16-12(10)13(11)5-2-3-6-13/h9-12,14-15H,2-8H2,1H3. The van der Waals surface area contributed by atoms with Crippen molar-refractivity contribution in [2.45, 2.75) is 57.2 Å². The van der Waals surface area contributed by atoms with E-state index in [0.717, 1.165) is 6.61 Å². The Balaban J connectivity index is 1.74. The molecule has 2 N–H and O–H groups in total. The normalized spacial score (nSPS) is 42.0. The highest BCUT2D eigenvalue weighted by Gasteiger charge is 2.64. The molecule has 0 bridgehead atoms. The minimum absolute atomic E-state index is 0.226. The Morgan fingerprint density at radius 1 is 1.44 bits per heavy atom. The van der Waals surface area contributed by atoms with Crippen molar-refractivity contribution in [2.75, 3.05) is 13.2 Å². The van der Waals surface area contributed by atoms with Gasteiger partial charge in [-0.05, 0) is 26.2 Å². The van der Waals surface area contributed by atoms with Crippen LogP contribution in [0.5, 0.6) is 0 Å². The molecule has 0 radical (unpaired) electrons. The zero-order valence-electron chi connectivity index (χ0n) is 10.1. The third-order valence-corrected chi connectivity index (χ3v) is 5.02. The molecule has 1 saturated heterocycles. The van der Waals surface area contributed by atoms with E-state index in [1.165, 1.54) is 32.1 Å². The van der Waals surface area contributed by atoms with Crippen molar-refractivity contribution in [1.29, 1.82) is 0 Å². The molecule has 3 aliphatic rings. The Morgan fingerprint density at radius 3 is 2.88 bits per heavy atom. The van der Waals surface area contributed by atoms with E-state index in [9.17, 15) is 5.11 Å². The number of aliphatic hydroxyl groups excluding tert-OH is 1. The number of hydrogen-bond acceptors (Lipinski definition) is 3. The molecule has 2 aliphatic carbocycles. The van der Waals surface area contributed by atoms with Gasteiger partial charge in [-0.15, -0.1) is 0 Å². The largest absolute Gasteiger partial charge is 0.395 e. The molecule has 1 spiro atoms. The second-order valence-electron chi connectivity index (χ2n) is 5.91. The van der Waals surface area contributed by atoms with Crippen molar-refractivity contribution in [1.82, 2.24) is 5.32 Å². The third-order valence-electron chi connectivity index (χ3n) is 5.02. The van der Waals surface area contributed by atoms with Gasteiger partial charge in [0, 0.05) is 30.0 Å². The lowest BCUT2D eigenvalue weighted by molar-refractivity contribution is -0.133. The van der Waals surface area contributed by atoms with E-state index in [1.807, 2.05) is 0 Å². The van der Waals surface area contributed by atoms with Gasteiger partial charge in [0.05, 0.1) is 12.7 Å². The zero-order valence-corrected chi connectivity index (χ0v) is 10.1. The molecule has 3 heteroatoms. The first-order valence-electron chi connectivity index (χ1n) is 6.76. The summed E-state index contributed by atoms with van der Waals surface area (Å²) in [5.74, 6) is 0.715. The van der Waals surface area contributed by atoms with Crippen molar-refractivity contribution in [3.05, 3.63) is 0 Å². The summed E-state index contributed by atoms with van der Waals surface area (Å²) >= 11 is 0. The summed E-state index contributed by atoms with van der Waals surface area (Å²) in [5.41, 5.74) is 0.421.